The molecule has 11 nitrogen and oxygen atoms in total. The van der Waals surface area contributed by atoms with Crippen LogP contribution in [0.1, 0.15) is 53.4 Å². The number of fused-ring (bicyclic) bond motifs is 1. The first-order chi connectivity index (χ1) is 19.0. The topological polar surface area (TPSA) is 139 Å². The van der Waals surface area contributed by atoms with Crippen molar-refractivity contribution in [2.24, 2.45) is 0 Å². The molecule has 0 amide bonds. The minimum atomic E-state index is -1.02. The molecule has 4 rings (SSSR count). The predicted octanol–water partition coefficient (Wildman–Crippen LogP) is 6.10. The molecule has 0 aliphatic rings. The number of ketones is 1. The fraction of sp³-hybridized carbons (Fsp3) is 0.250. The van der Waals surface area contributed by atoms with Crippen LogP contribution in [0.3, 0.4) is 0 Å². The van der Waals surface area contributed by atoms with E-state index in [2.05, 4.69) is 29.8 Å². The zero-order valence-corrected chi connectivity index (χ0v) is 24.8. The van der Waals surface area contributed by atoms with E-state index < -0.39 is 17.7 Å². The lowest BCUT2D eigenvalue weighted by atomic mass is 10.1. The number of hydrogen-bond acceptors (Lipinski definition) is 10. The van der Waals surface area contributed by atoms with Crippen molar-refractivity contribution in [1.29, 1.82) is 0 Å². The molecule has 0 fully saturated rings. The summed E-state index contributed by atoms with van der Waals surface area (Å²) in [6.45, 7) is 5.51. The zero-order chi connectivity index (χ0) is 29.6. The van der Waals surface area contributed by atoms with Crippen LogP contribution in [0.2, 0.25) is 25.5 Å². The van der Waals surface area contributed by atoms with Crippen LogP contribution in [0.25, 0.3) is 11.2 Å². The van der Waals surface area contributed by atoms with E-state index in [-0.39, 0.29) is 46.1 Å². The standard InChI is InChI=1S/C16H13Cl3N4O2.C8H6Cl2N2O3/c1-3-25-16(24)14-13-15(21-12(19)7-20-13)23(22-14)8(2)10-5-4-9(17)6-11(10)18;1-2-15-8(14)6(13)5-7(10)12-4(9)3-11-5/h4-8H,3H2,1-2H3;3H,2H2,1H3/t8-;/m1./s1. The molecule has 0 aliphatic carbocycles. The molecule has 0 saturated carbocycles. The molecule has 0 aliphatic heterocycles. The van der Waals surface area contributed by atoms with Gasteiger partial charge < -0.3 is 9.47 Å². The van der Waals surface area contributed by atoms with E-state index in [0.29, 0.717) is 21.2 Å². The second-order valence-electron chi connectivity index (χ2n) is 7.60. The van der Waals surface area contributed by atoms with Gasteiger partial charge in [0.1, 0.15) is 15.8 Å². The minimum Gasteiger partial charge on any atom is -0.461 e. The molecule has 16 heteroatoms. The van der Waals surface area contributed by atoms with Crippen LogP contribution in [0.15, 0.2) is 30.6 Å². The quantitative estimate of drug-likeness (QED) is 0.131. The van der Waals surface area contributed by atoms with Crippen LogP contribution in [-0.4, -0.2) is 60.7 Å². The van der Waals surface area contributed by atoms with Gasteiger partial charge in [-0.05, 0) is 38.5 Å². The summed E-state index contributed by atoms with van der Waals surface area (Å²) >= 11 is 29.3. The van der Waals surface area contributed by atoms with Crippen molar-refractivity contribution in [3.63, 3.8) is 0 Å². The molecule has 4 aromatic rings. The third kappa shape index (κ3) is 7.35. The largest absolute Gasteiger partial charge is 0.461 e. The maximum absolute atomic E-state index is 12.2. The Morgan fingerprint density at radius 2 is 1.55 bits per heavy atom. The normalized spacial score (nSPS) is 11.4. The maximum atomic E-state index is 12.2. The van der Waals surface area contributed by atoms with Gasteiger partial charge in [0.2, 0.25) is 0 Å². The van der Waals surface area contributed by atoms with E-state index in [4.69, 9.17) is 62.7 Å². The molecule has 0 unspecified atom stereocenters. The van der Waals surface area contributed by atoms with Crippen molar-refractivity contribution in [3.8, 4) is 0 Å². The van der Waals surface area contributed by atoms with Gasteiger partial charge in [-0.15, -0.1) is 0 Å². The van der Waals surface area contributed by atoms with Crippen LogP contribution >= 0.6 is 58.0 Å². The highest BCUT2D eigenvalue weighted by molar-refractivity contribution is 6.44. The van der Waals surface area contributed by atoms with Gasteiger partial charge >= 0.3 is 11.9 Å². The van der Waals surface area contributed by atoms with E-state index >= 15 is 0 Å². The van der Waals surface area contributed by atoms with E-state index in [0.717, 1.165) is 11.8 Å². The van der Waals surface area contributed by atoms with E-state index in [1.807, 2.05) is 6.92 Å². The Morgan fingerprint density at radius 1 is 0.900 bits per heavy atom. The molecule has 40 heavy (non-hydrogen) atoms. The summed E-state index contributed by atoms with van der Waals surface area (Å²) in [6, 6.07) is 4.84. The van der Waals surface area contributed by atoms with Gasteiger partial charge in [0, 0.05) is 10.0 Å². The van der Waals surface area contributed by atoms with Crippen LogP contribution in [0, 0.1) is 0 Å². The first-order valence-corrected chi connectivity index (χ1v) is 13.3. The number of rotatable bonds is 7. The Bertz CT molecular complexity index is 1580. The molecule has 0 spiro atoms. The molecule has 210 valence electrons. The number of aromatic nitrogens is 6. The molecule has 0 bridgehead atoms. The van der Waals surface area contributed by atoms with Gasteiger partial charge in [0.15, 0.2) is 22.2 Å². The first kappa shape index (κ1) is 31.4. The van der Waals surface area contributed by atoms with Crippen molar-refractivity contribution in [1.82, 2.24) is 29.7 Å². The Labute approximate surface area is 252 Å². The summed E-state index contributed by atoms with van der Waals surface area (Å²) in [7, 11) is 0. The second-order valence-corrected chi connectivity index (χ2v) is 9.58. The minimum absolute atomic E-state index is 0.0420. The van der Waals surface area contributed by atoms with Gasteiger partial charge in [-0.25, -0.2) is 34.2 Å². The lowest BCUT2D eigenvalue weighted by Gasteiger charge is -2.15. The molecule has 0 saturated heterocycles. The number of nitrogens with zero attached hydrogens (tertiary/aromatic N) is 6. The number of esters is 2. The number of hydrogen-bond donors (Lipinski definition) is 0. The molecular weight excluding hydrogens is 630 g/mol. The summed E-state index contributed by atoms with van der Waals surface area (Å²) in [5.74, 6) is -2.53. The van der Waals surface area contributed by atoms with Crippen molar-refractivity contribution in [2.75, 3.05) is 13.2 Å². The molecule has 1 atom stereocenters. The Morgan fingerprint density at radius 3 is 2.17 bits per heavy atom. The molecule has 0 N–H and O–H groups in total. The maximum Gasteiger partial charge on any atom is 0.381 e. The number of halogens is 5. The number of carbonyl (C=O) groups is 3. The average molecular weight is 649 g/mol. The van der Waals surface area contributed by atoms with E-state index in [1.165, 1.54) is 6.20 Å². The first-order valence-electron chi connectivity index (χ1n) is 11.4. The summed E-state index contributed by atoms with van der Waals surface area (Å²) in [5, 5.41) is 5.38. The lowest BCUT2D eigenvalue weighted by Crippen LogP contribution is -2.19. The highest BCUT2D eigenvalue weighted by atomic mass is 35.5. The Hall–Kier alpha value is -3.09. The molecule has 3 heterocycles. The van der Waals surface area contributed by atoms with Crippen molar-refractivity contribution >= 4 is 86.9 Å². The summed E-state index contributed by atoms with van der Waals surface area (Å²) in [6.07, 6.45) is 2.48. The van der Waals surface area contributed by atoms with Gasteiger partial charge in [-0.1, -0.05) is 64.1 Å². The lowest BCUT2D eigenvalue weighted by molar-refractivity contribution is -0.137. The smallest absolute Gasteiger partial charge is 0.381 e. The fourth-order valence-corrected chi connectivity index (χ4v) is 4.36. The van der Waals surface area contributed by atoms with Crippen LogP contribution in [-0.2, 0) is 14.3 Å². The summed E-state index contributed by atoms with van der Waals surface area (Å²) < 4.78 is 11.1. The van der Waals surface area contributed by atoms with Gasteiger partial charge in [0.05, 0.1) is 31.6 Å². The molecule has 3 aromatic heterocycles. The van der Waals surface area contributed by atoms with Crippen molar-refractivity contribution in [2.45, 2.75) is 26.8 Å². The Kier molecular flexibility index (Phi) is 11.0. The number of ether oxygens (including phenoxy) is 2. The van der Waals surface area contributed by atoms with E-state index in [9.17, 15) is 14.4 Å². The van der Waals surface area contributed by atoms with Crippen molar-refractivity contribution < 1.29 is 23.9 Å². The van der Waals surface area contributed by atoms with Crippen molar-refractivity contribution in [3.05, 3.63) is 73.0 Å². The molecule has 1 aromatic carbocycles. The predicted molar refractivity (Wildman–Crippen MR) is 150 cm³/mol. The molecule has 0 radical (unpaired) electrons. The third-order valence-electron chi connectivity index (χ3n) is 5.00. The molecular formula is C24H19Cl5N6O5. The number of Topliss-reactive ketones (excluding diaryl/α,β-unsaturated/α-hetero) is 1. The number of carbonyl (C=O) groups excluding carboxylic acids is 3. The van der Waals surface area contributed by atoms with Gasteiger partial charge in [-0.2, -0.15) is 5.10 Å². The van der Waals surface area contributed by atoms with Crippen LogP contribution in [0.4, 0.5) is 0 Å². The highest BCUT2D eigenvalue weighted by Crippen LogP contribution is 2.31. The second kappa shape index (κ2) is 14.0. The fourth-order valence-electron chi connectivity index (χ4n) is 3.26. The Balaban J connectivity index is 0.000000252. The van der Waals surface area contributed by atoms with Gasteiger partial charge in [-0.3, -0.25) is 4.79 Å². The SMILES string of the molecule is CCOC(=O)C(=O)c1ncc(Cl)nc1Cl.CCOC(=O)c1nn([C@H](C)c2ccc(Cl)cc2Cl)c2nc(Cl)cnc12. The number of benzene rings is 1. The van der Waals surface area contributed by atoms with Crippen LogP contribution < -0.4 is 0 Å². The van der Waals surface area contributed by atoms with Crippen LogP contribution in [0.5, 0.6) is 0 Å². The highest BCUT2D eigenvalue weighted by Gasteiger charge is 2.25. The summed E-state index contributed by atoms with van der Waals surface area (Å²) in [5.41, 5.74) is 1.28. The van der Waals surface area contributed by atoms with Gasteiger partial charge in [0.25, 0.3) is 5.78 Å². The third-order valence-corrected chi connectivity index (χ3v) is 6.19. The zero-order valence-electron chi connectivity index (χ0n) is 21.0. The average Bonchev–Trinajstić information content (AvgIpc) is 3.27. The monoisotopic (exact) mass is 646 g/mol. The van der Waals surface area contributed by atoms with E-state index in [1.54, 1.807) is 36.7 Å². The summed E-state index contributed by atoms with van der Waals surface area (Å²) in [4.78, 5) is 50.2.